The van der Waals surface area contributed by atoms with E-state index in [4.69, 9.17) is 9.47 Å². The van der Waals surface area contributed by atoms with Gasteiger partial charge in [0.1, 0.15) is 11.8 Å². The van der Waals surface area contributed by atoms with Gasteiger partial charge in [-0.1, -0.05) is 0 Å². The van der Waals surface area contributed by atoms with Crippen LogP contribution in [-0.2, 0) is 19.6 Å². The summed E-state index contributed by atoms with van der Waals surface area (Å²) in [5.41, 5.74) is 0. The van der Waals surface area contributed by atoms with E-state index >= 15 is 0 Å². The smallest absolute Gasteiger partial charge is 0.324 e. The Balaban J connectivity index is 2.34. The third-order valence-electron chi connectivity index (χ3n) is 3.80. The Morgan fingerprint density at radius 3 is 2.41 bits per heavy atom. The Labute approximate surface area is 130 Å². The lowest BCUT2D eigenvalue weighted by atomic mass is 10.2. The lowest BCUT2D eigenvalue weighted by Crippen LogP contribution is -2.41. The zero-order valence-electron chi connectivity index (χ0n) is 12.8. The Hall–Kier alpha value is -1.64. The zero-order valence-corrected chi connectivity index (χ0v) is 13.6. The average Bonchev–Trinajstić information content (AvgIpc) is 2.99. The van der Waals surface area contributed by atoms with Gasteiger partial charge in [0.2, 0.25) is 10.0 Å². The maximum Gasteiger partial charge on any atom is 0.324 e. The van der Waals surface area contributed by atoms with Crippen LogP contribution in [0.3, 0.4) is 0 Å². The summed E-state index contributed by atoms with van der Waals surface area (Å²) in [4.78, 5) is 12.0. The molecule has 2 atom stereocenters. The molecular weight excluding hydrogens is 308 g/mol. The van der Waals surface area contributed by atoms with Gasteiger partial charge in [0, 0.05) is 12.6 Å². The van der Waals surface area contributed by atoms with Crippen molar-refractivity contribution >= 4 is 16.0 Å². The number of rotatable bonds is 5. The van der Waals surface area contributed by atoms with E-state index in [1.165, 1.54) is 30.7 Å². The van der Waals surface area contributed by atoms with Crippen LogP contribution >= 0.6 is 0 Å². The molecule has 7 nitrogen and oxygen atoms in total. The molecule has 0 saturated carbocycles. The predicted octanol–water partition coefficient (Wildman–Crippen LogP) is 0.219. The highest BCUT2D eigenvalue weighted by atomic mass is 32.2. The number of carbonyl (C=O) groups is 1. The molecule has 0 unspecified atom stereocenters. The molecule has 1 aliphatic heterocycles. The lowest BCUT2D eigenvalue weighted by molar-refractivity contribution is -0.144. The molecule has 0 amide bonds. The number of nitrogens with one attached hydrogen (secondary N) is 1. The number of hydrogen-bond donors (Lipinski definition) is 1. The van der Waals surface area contributed by atoms with Crippen LogP contribution in [0.25, 0.3) is 0 Å². The summed E-state index contributed by atoms with van der Waals surface area (Å²) in [5, 5.41) is 3.01. The SMILES string of the molecule is CN[C@H]1C[C@H](C(=O)OC)N(S(=O)(=O)c2ccc(OC)cc2)C1. The summed E-state index contributed by atoms with van der Waals surface area (Å²) in [5.74, 6) is 0.0211. The number of benzene rings is 1. The van der Waals surface area contributed by atoms with Gasteiger partial charge in [0.15, 0.2) is 0 Å². The molecule has 0 aliphatic carbocycles. The third kappa shape index (κ3) is 3.08. The molecule has 1 aromatic rings. The second-order valence-electron chi connectivity index (χ2n) is 5.01. The minimum atomic E-state index is -3.77. The summed E-state index contributed by atoms with van der Waals surface area (Å²) in [6.45, 7) is 0.227. The van der Waals surface area contributed by atoms with Gasteiger partial charge in [0.05, 0.1) is 19.1 Å². The average molecular weight is 328 g/mol. The van der Waals surface area contributed by atoms with Gasteiger partial charge < -0.3 is 14.8 Å². The fourth-order valence-electron chi connectivity index (χ4n) is 2.51. The maximum absolute atomic E-state index is 12.8. The van der Waals surface area contributed by atoms with Crippen LogP contribution in [0.1, 0.15) is 6.42 Å². The predicted molar refractivity (Wildman–Crippen MR) is 80.2 cm³/mol. The number of sulfonamides is 1. The molecule has 1 aromatic carbocycles. The minimum absolute atomic E-state index is 0.0860. The van der Waals surface area contributed by atoms with E-state index in [1.54, 1.807) is 19.2 Å². The molecule has 1 saturated heterocycles. The molecule has 1 N–H and O–H groups in total. The molecular formula is C14H20N2O5S. The van der Waals surface area contributed by atoms with Crippen LogP contribution in [0, 0.1) is 0 Å². The Kier molecular flexibility index (Phi) is 5.05. The highest BCUT2D eigenvalue weighted by Crippen LogP contribution is 2.28. The van der Waals surface area contributed by atoms with Gasteiger partial charge in [-0.2, -0.15) is 4.31 Å². The number of esters is 1. The van der Waals surface area contributed by atoms with Crippen LogP contribution in [-0.4, -0.2) is 58.6 Å². The first-order valence-corrected chi connectivity index (χ1v) is 8.29. The van der Waals surface area contributed by atoms with Crippen molar-refractivity contribution in [1.29, 1.82) is 0 Å². The Morgan fingerprint density at radius 2 is 1.91 bits per heavy atom. The van der Waals surface area contributed by atoms with E-state index in [1.807, 2.05) is 0 Å². The lowest BCUT2D eigenvalue weighted by Gasteiger charge is -2.22. The summed E-state index contributed by atoms with van der Waals surface area (Å²) < 4.78 is 36.5. The summed E-state index contributed by atoms with van der Waals surface area (Å²) in [6, 6.07) is 5.19. The molecule has 1 heterocycles. The van der Waals surface area contributed by atoms with Gasteiger partial charge in [-0.15, -0.1) is 0 Å². The minimum Gasteiger partial charge on any atom is -0.497 e. The third-order valence-corrected chi connectivity index (χ3v) is 5.69. The summed E-state index contributed by atoms with van der Waals surface area (Å²) in [7, 11) is 0.730. The van der Waals surface area contributed by atoms with Crippen molar-refractivity contribution in [2.75, 3.05) is 27.8 Å². The van der Waals surface area contributed by atoms with Gasteiger partial charge in [0.25, 0.3) is 0 Å². The standard InChI is InChI=1S/C14H20N2O5S/c1-15-10-8-13(14(17)21-3)16(9-10)22(18,19)12-6-4-11(20-2)5-7-12/h4-7,10,13,15H,8-9H2,1-3H3/t10-,13+/m0/s1. The van der Waals surface area contributed by atoms with Crippen LogP contribution in [0.5, 0.6) is 5.75 Å². The fraction of sp³-hybridized carbons (Fsp3) is 0.500. The fourth-order valence-corrected chi connectivity index (χ4v) is 4.15. The van der Waals surface area contributed by atoms with E-state index in [0.717, 1.165) is 0 Å². The summed E-state index contributed by atoms with van der Waals surface area (Å²) >= 11 is 0. The molecule has 0 spiro atoms. The second kappa shape index (κ2) is 6.64. The highest BCUT2D eigenvalue weighted by molar-refractivity contribution is 7.89. The first-order valence-electron chi connectivity index (χ1n) is 6.85. The van der Waals surface area contributed by atoms with E-state index in [9.17, 15) is 13.2 Å². The van der Waals surface area contributed by atoms with E-state index in [2.05, 4.69) is 5.32 Å². The van der Waals surface area contributed by atoms with E-state index in [0.29, 0.717) is 12.2 Å². The van der Waals surface area contributed by atoms with Crippen LogP contribution in [0.4, 0.5) is 0 Å². The maximum atomic E-state index is 12.8. The molecule has 1 aliphatic rings. The van der Waals surface area contributed by atoms with E-state index in [-0.39, 0.29) is 17.5 Å². The van der Waals surface area contributed by atoms with Gasteiger partial charge in [-0.25, -0.2) is 8.42 Å². The Morgan fingerprint density at radius 1 is 1.27 bits per heavy atom. The van der Waals surface area contributed by atoms with Crippen molar-refractivity contribution in [2.45, 2.75) is 23.4 Å². The molecule has 0 bridgehead atoms. The van der Waals surface area contributed by atoms with Crippen molar-refractivity contribution in [1.82, 2.24) is 9.62 Å². The number of methoxy groups -OCH3 is 2. The molecule has 2 rings (SSSR count). The molecule has 8 heteroatoms. The van der Waals surface area contributed by atoms with Crippen LogP contribution in [0.2, 0.25) is 0 Å². The first kappa shape index (κ1) is 16.7. The van der Waals surface area contributed by atoms with Crippen molar-refractivity contribution in [2.24, 2.45) is 0 Å². The first-order chi connectivity index (χ1) is 10.4. The largest absolute Gasteiger partial charge is 0.497 e. The van der Waals surface area contributed by atoms with Crippen molar-refractivity contribution in [3.05, 3.63) is 24.3 Å². The van der Waals surface area contributed by atoms with Crippen LogP contribution in [0.15, 0.2) is 29.2 Å². The quantitative estimate of drug-likeness (QED) is 0.778. The van der Waals surface area contributed by atoms with Crippen molar-refractivity contribution in [3.63, 3.8) is 0 Å². The number of ether oxygens (including phenoxy) is 2. The number of nitrogens with zero attached hydrogens (tertiary/aromatic N) is 1. The monoisotopic (exact) mass is 328 g/mol. The Bertz CT molecular complexity index is 629. The summed E-state index contributed by atoms with van der Waals surface area (Å²) in [6.07, 6.45) is 0.387. The number of hydrogen-bond acceptors (Lipinski definition) is 6. The van der Waals surface area contributed by atoms with Crippen molar-refractivity contribution < 1.29 is 22.7 Å². The number of carbonyl (C=O) groups excluding carboxylic acids is 1. The molecule has 0 aromatic heterocycles. The molecule has 1 fully saturated rings. The normalized spacial score (nSPS) is 22.5. The van der Waals surface area contributed by atoms with Gasteiger partial charge in [-0.3, -0.25) is 4.79 Å². The van der Waals surface area contributed by atoms with E-state index < -0.39 is 22.0 Å². The van der Waals surface area contributed by atoms with Gasteiger partial charge >= 0.3 is 5.97 Å². The molecule has 22 heavy (non-hydrogen) atoms. The topological polar surface area (TPSA) is 84.9 Å². The highest BCUT2D eigenvalue weighted by Gasteiger charge is 2.44. The molecule has 122 valence electrons. The van der Waals surface area contributed by atoms with Crippen molar-refractivity contribution in [3.8, 4) is 5.75 Å². The zero-order chi connectivity index (χ0) is 16.3. The number of likely N-dealkylation sites (N-methyl/N-ethyl adjacent to an activating group) is 1. The van der Waals surface area contributed by atoms with Crippen LogP contribution < -0.4 is 10.1 Å². The second-order valence-corrected chi connectivity index (χ2v) is 6.90. The molecule has 0 radical (unpaired) electrons. The van der Waals surface area contributed by atoms with Gasteiger partial charge in [-0.05, 0) is 37.7 Å².